The molecule has 3 nitrogen and oxygen atoms in total. The highest BCUT2D eigenvalue weighted by molar-refractivity contribution is 5.45. The van der Waals surface area contributed by atoms with E-state index in [2.05, 4.69) is 50.8 Å². The summed E-state index contributed by atoms with van der Waals surface area (Å²) in [6.07, 6.45) is 3.76. The quantitative estimate of drug-likeness (QED) is 0.818. The number of hydrogen-bond acceptors (Lipinski definition) is 3. The second-order valence-electron chi connectivity index (χ2n) is 8.15. The van der Waals surface area contributed by atoms with Gasteiger partial charge in [0.1, 0.15) is 11.4 Å². The van der Waals surface area contributed by atoms with Gasteiger partial charge in [0.2, 0.25) is 0 Å². The van der Waals surface area contributed by atoms with Crippen molar-refractivity contribution < 1.29 is 9.47 Å². The Morgan fingerprint density at radius 2 is 2.00 bits per heavy atom. The summed E-state index contributed by atoms with van der Waals surface area (Å²) in [5.74, 6) is 1.76. The maximum Gasteiger partial charge on any atom is 0.127 e. The van der Waals surface area contributed by atoms with Crippen molar-refractivity contribution >= 4 is 0 Å². The highest BCUT2D eigenvalue weighted by Crippen LogP contribution is 2.38. The highest BCUT2D eigenvalue weighted by atomic mass is 16.5. The molecular formula is C20H31NO2. The summed E-state index contributed by atoms with van der Waals surface area (Å²) in [6.45, 7) is 12.9. The molecule has 23 heavy (non-hydrogen) atoms. The summed E-state index contributed by atoms with van der Waals surface area (Å²) in [6, 6.07) is 6.61. The first kappa shape index (κ1) is 16.8. The van der Waals surface area contributed by atoms with Crippen molar-refractivity contribution in [3.63, 3.8) is 0 Å². The number of benzene rings is 1. The monoisotopic (exact) mass is 317 g/mol. The molecule has 1 saturated heterocycles. The smallest absolute Gasteiger partial charge is 0.127 e. The first-order valence-corrected chi connectivity index (χ1v) is 9.07. The van der Waals surface area contributed by atoms with Crippen LogP contribution in [0.4, 0.5) is 0 Å². The number of rotatable bonds is 5. The van der Waals surface area contributed by atoms with E-state index < -0.39 is 0 Å². The van der Waals surface area contributed by atoms with Crippen LogP contribution in [0.1, 0.15) is 51.7 Å². The summed E-state index contributed by atoms with van der Waals surface area (Å²) in [7, 11) is 0. The average molecular weight is 317 g/mol. The number of para-hydroxylation sites is 1. The molecule has 1 aromatic carbocycles. The Morgan fingerprint density at radius 1 is 1.26 bits per heavy atom. The van der Waals surface area contributed by atoms with Gasteiger partial charge in [0.15, 0.2) is 0 Å². The molecule has 1 fully saturated rings. The van der Waals surface area contributed by atoms with Crippen molar-refractivity contribution in [2.75, 3.05) is 19.7 Å². The Balaban J connectivity index is 1.55. The topological polar surface area (TPSA) is 21.7 Å². The zero-order valence-electron chi connectivity index (χ0n) is 15.1. The molecule has 0 unspecified atom stereocenters. The van der Waals surface area contributed by atoms with Crippen LogP contribution in [0.25, 0.3) is 0 Å². The number of hydrogen-bond donors (Lipinski definition) is 0. The first-order chi connectivity index (χ1) is 10.9. The van der Waals surface area contributed by atoms with E-state index in [0.717, 1.165) is 51.3 Å². The fourth-order valence-corrected chi connectivity index (χ4v) is 3.61. The van der Waals surface area contributed by atoms with Gasteiger partial charge in [-0.15, -0.1) is 0 Å². The zero-order chi connectivity index (χ0) is 16.4. The summed E-state index contributed by atoms with van der Waals surface area (Å²) < 4.78 is 12.2. The van der Waals surface area contributed by atoms with Crippen LogP contribution in [0.3, 0.4) is 0 Å². The van der Waals surface area contributed by atoms with Gasteiger partial charge < -0.3 is 9.47 Å². The maximum atomic E-state index is 6.20. The average Bonchev–Trinajstić information content (AvgIpc) is 2.81. The van der Waals surface area contributed by atoms with E-state index in [1.165, 1.54) is 11.1 Å². The Bertz CT molecular complexity index is 530. The number of likely N-dealkylation sites (tertiary alicyclic amines) is 1. The molecular weight excluding hydrogens is 286 g/mol. The number of nitrogens with zero attached hydrogens (tertiary/aromatic N) is 1. The molecule has 2 heterocycles. The third kappa shape index (κ3) is 4.27. The Morgan fingerprint density at radius 3 is 2.70 bits per heavy atom. The molecule has 0 aliphatic carbocycles. The highest BCUT2D eigenvalue weighted by Gasteiger charge is 2.32. The van der Waals surface area contributed by atoms with Crippen LogP contribution in [0, 0.1) is 5.92 Å². The Labute approximate surface area is 141 Å². The van der Waals surface area contributed by atoms with Crippen molar-refractivity contribution in [2.45, 2.75) is 65.2 Å². The van der Waals surface area contributed by atoms with Gasteiger partial charge >= 0.3 is 0 Å². The van der Waals surface area contributed by atoms with Crippen LogP contribution in [0.2, 0.25) is 0 Å². The van der Waals surface area contributed by atoms with Crippen molar-refractivity contribution in [3.05, 3.63) is 29.3 Å². The van der Waals surface area contributed by atoms with E-state index in [4.69, 9.17) is 9.47 Å². The molecule has 0 amide bonds. The van der Waals surface area contributed by atoms with E-state index in [-0.39, 0.29) is 5.60 Å². The van der Waals surface area contributed by atoms with Gasteiger partial charge in [0, 0.05) is 38.2 Å². The van der Waals surface area contributed by atoms with Crippen LogP contribution in [0.15, 0.2) is 18.2 Å². The molecule has 0 saturated carbocycles. The minimum Gasteiger partial charge on any atom is -0.487 e. The number of ether oxygens (including phenoxy) is 2. The lowest BCUT2D eigenvalue weighted by atomic mass is 10.00. The van der Waals surface area contributed by atoms with E-state index in [0.29, 0.717) is 12.0 Å². The minimum atomic E-state index is -0.0594. The van der Waals surface area contributed by atoms with E-state index in [9.17, 15) is 0 Å². The second-order valence-corrected chi connectivity index (χ2v) is 8.15. The summed E-state index contributed by atoms with van der Waals surface area (Å²) in [4.78, 5) is 2.54. The van der Waals surface area contributed by atoms with Crippen LogP contribution in [-0.2, 0) is 17.7 Å². The third-order valence-corrected chi connectivity index (χ3v) is 4.77. The molecule has 2 aliphatic rings. The van der Waals surface area contributed by atoms with Crippen molar-refractivity contribution in [1.29, 1.82) is 0 Å². The van der Waals surface area contributed by atoms with Crippen LogP contribution in [0.5, 0.6) is 5.75 Å². The molecule has 128 valence electrons. The van der Waals surface area contributed by atoms with E-state index in [1.807, 2.05) is 0 Å². The van der Waals surface area contributed by atoms with E-state index in [1.54, 1.807) is 0 Å². The van der Waals surface area contributed by atoms with Crippen molar-refractivity contribution in [3.8, 4) is 5.75 Å². The standard InChI is InChI=1S/C20H31NO2/c1-15(2)14-22-18-8-10-21(11-9-18)13-17-7-5-6-16-12-20(3,4)23-19(16)17/h5-7,15,18H,8-14H2,1-4H3. The molecule has 0 spiro atoms. The molecule has 0 N–H and O–H groups in total. The fourth-order valence-electron chi connectivity index (χ4n) is 3.61. The molecule has 0 radical (unpaired) electrons. The van der Waals surface area contributed by atoms with E-state index >= 15 is 0 Å². The van der Waals surface area contributed by atoms with Gasteiger partial charge in [-0.05, 0) is 38.2 Å². The van der Waals surface area contributed by atoms with Crippen LogP contribution >= 0.6 is 0 Å². The van der Waals surface area contributed by atoms with Gasteiger partial charge in [-0.25, -0.2) is 0 Å². The third-order valence-electron chi connectivity index (χ3n) is 4.77. The van der Waals surface area contributed by atoms with Crippen molar-refractivity contribution in [2.24, 2.45) is 5.92 Å². The number of fused-ring (bicyclic) bond motifs is 1. The second kappa shape index (κ2) is 6.82. The van der Waals surface area contributed by atoms with Gasteiger partial charge in [0.05, 0.1) is 6.10 Å². The minimum absolute atomic E-state index is 0.0594. The summed E-state index contributed by atoms with van der Waals surface area (Å²) in [5.41, 5.74) is 2.65. The van der Waals surface area contributed by atoms with Crippen molar-refractivity contribution in [1.82, 2.24) is 4.90 Å². The molecule has 0 atom stereocenters. The van der Waals surface area contributed by atoms with Gasteiger partial charge in [-0.2, -0.15) is 0 Å². The zero-order valence-corrected chi connectivity index (χ0v) is 15.1. The fraction of sp³-hybridized carbons (Fsp3) is 0.700. The molecule has 0 aromatic heterocycles. The van der Waals surface area contributed by atoms with Gasteiger partial charge in [-0.3, -0.25) is 4.90 Å². The molecule has 3 rings (SSSR count). The first-order valence-electron chi connectivity index (χ1n) is 9.07. The summed E-state index contributed by atoms with van der Waals surface area (Å²) in [5, 5.41) is 0. The normalized spacial score (nSPS) is 21.4. The van der Waals surface area contributed by atoms with Crippen LogP contribution < -0.4 is 4.74 Å². The Hall–Kier alpha value is -1.06. The molecule has 0 bridgehead atoms. The van der Waals surface area contributed by atoms with Gasteiger partial charge in [0.25, 0.3) is 0 Å². The predicted molar refractivity (Wildman–Crippen MR) is 93.9 cm³/mol. The largest absolute Gasteiger partial charge is 0.487 e. The lowest BCUT2D eigenvalue weighted by molar-refractivity contribution is -0.00602. The maximum absolute atomic E-state index is 6.20. The van der Waals surface area contributed by atoms with Gasteiger partial charge in [-0.1, -0.05) is 32.0 Å². The Kier molecular flexibility index (Phi) is 4.98. The molecule has 1 aromatic rings. The predicted octanol–water partition coefficient (Wildman–Crippen LogP) is 4.04. The lowest BCUT2D eigenvalue weighted by Gasteiger charge is -2.32. The summed E-state index contributed by atoms with van der Waals surface area (Å²) >= 11 is 0. The lowest BCUT2D eigenvalue weighted by Crippen LogP contribution is -2.37. The SMILES string of the molecule is CC(C)COC1CCN(Cc2cccc3c2OC(C)(C)C3)CC1. The number of piperidine rings is 1. The van der Waals surface area contributed by atoms with Crippen LogP contribution in [-0.4, -0.2) is 36.3 Å². The molecule has 3 heteroatoms. The molecule has 2 aliphatic heterocycles.